The maximum atomic E-state index is 12.6. The van der Waals surface area contributed by atoms with Crippen molar-refractivity contribution in [3.63, 3.8) is 0 Å². The second kappa shape index (κ2) is 6.97. The number of rotatable bonds is 2. The molecule has 1 atom stereocenters. The topological polar surface area (TPSA) is 29.5 Å². The number of halogens is 3. The van der Waals surface area contributed by atoms with E-state index in [1.54, 1.807) is 4.90 Å². The molecule has 2 rings (SSSR count). The number of alkyl halides is 3. The molecule has 0 aromatic heterocycles. The van der Waals surface area contributed by atoms with E-state index in [0.717, 1.165) is 12.1 Å². The molecule has 1 aromatic carbocycles. The molecule has 1 aliphatic heterocycles. The van der Waals surface area contributed by atoms with Crippen molar-refractivity contribution in [1.82, 2.24) is 4.90 Å². The summed E-state index contributed by atoms with van der Waals surface area (Å²) >= 11 is 0. The first kappa shape index (κ1) is 20.3. The molecule has 0 spiro atoms. The summed E-state index contributed by atoms with van der Waals surface area (Å²) in [5.41, 5.74) is -0.647. The Balaban J connectivity index is 2.06. The minimum atomic E-state index is -4.33. The van der Waals surface area contributed by atoms with Crippen LogP contribution >= 0.6 is 0 Å². The largest absolute Gasteiger partial charge is 0.444 e. The summed E-state index contributed by atoms with van der Waals surface area (Å²) in [5.74, 6) is 0.0947. The molecule has 1 aliphatic rings. The summed E-state index contributed by atoms with van der Waals surface area (Å²) in [6.07, 6.45) is -0.891. The van der Waals surface area contributed by atoms with Gasteiger partial charge in [-0.15, -0.1) is 0 Å². The highest BCUT2D eigenvalue weighted by atomic mass is 19.4. The van der Waals surface area contributed by atoms with Crippen molar-refractivity contribution in [1.29, 1.82) is 0 Å². The van der Waals surface area contributed by atoms with E-state index in [9.17, 15) is 18.0 Å². The molecule has 0 aliphatic carbocycles. The molecule has 0 bridgehead atoms. The molecule has 1 fully saturated rings. The van der Waals surface area contributed by atoms with Crippen molar-refractivity contribution in [2.24, 2.45) is 11.3 Å². The Morgan fingerprint density at radius 1 is 1.19 bits per heavy atom. The third-order valence-electron chi connectivity index (χ3n) is 4.43. The monoisotopic (exact) mass is 369 g/mol. The fourth-order valence-electron chi connectivity index (χ4n) is 2.96. The van der Waals surface area contributed by atoms with Gasteiger partial charge in [0.2, 0.25) is 0 Å². The van der Waals surface area contributed by atoms with Gasteiger partial charge >= 0.3 is 12.3 Å². The molecule has 1 saturated heterocycles. The van der Waals surface area contributed by atoms with Crippen LogP contribution in [0, 0.1) is 11.3 Å². The lowest BCUT2D eigenvalue weighted by Crippen LogP contribution is -2.36. The molecule has 0 N–H and O–H groups in total. The maximum absolute atomic E-state index is 12.6. The smallest absolute Gasteiger partial charge is 0.416 e. The van der Waals surface area contributed by atoms with E-state index in [1.165, 1.54) is 12.1 Å². The number of ether oxygens (including phenoxy) is 1. The highest BCUT2D eigenvalue weighted by Crippen LogP contribution is 2.37. The van der Waals surface area contributed by atoms with Gasteiger partial charge in [0.1, 0.15) is 5.60 Å². The quantitative estimate of drug-likeness (QED) is 0.678. The van der Waals surface area contributed by atoms with Gasteiger partial charge in [-0.3, -0.25) is 0 Å². The van der Waals surface area contributed by atoms with E-state index in [2.05, 4.69) is 13.8 Å². The first-order valence-corrected chi connectivity index (χ1v) is 8.61. The Morgan fingerprint density at radius 3 is 2.27 bits per heavy atom. The summed E-state index contributed by atoms with van der Waals surface area (Å²) in [7, 11) is 0. The average Bonchev–Trinajstić information content (AvgIpc) is 2.78. The van der Waals surface area contributed by atoms with Crippen LogP contribution in [0.5, 0.6) is 0 Å². The molecule has 1 heterocycles. The summed E-state index contributed by atoms with van der Waals surface area (Å²) in [6.45, 7) is 10.7. The van der Waals surface area contributed by atoms with Crippen LogP contribution in [0.1, 0.15) is 45.7 Å². The van der Waals surface area contributed by atoms with Crippen LogP contribution in [0.3, 0.4) is 0 Å². The Morgan fingerprint density at radius 2 is 1.77 bits per heavy atom. The standard InChI is InChI=1S/C20H26F3NO2/c1-18(2,3)26-17(25)24-12-16(19(4,5)13-24)11-8-14-6-9-15(10-7-14)20(21,22)23/h6-11,16H,12-13H2,1-5H3. The van der Waals surface area contributed by atoms with Gasteiger partial charge in [-0.1, -0.05) is 38.1 Å². The first-order valence-electron chi connectivity index (χ1n) is 8.61. The lowest BCUT2D eigenvalue weighted by atomic mass is 9.82. The van der Waals surface area contributed by atoms with Gasteiger partial charge in [-0.05, 0) is 43.9 Å². The zero-order valence-electron chi connectivity index (χ0n) is 15.9. The van der Waals surface area contributed by atoms with Gasteiger partial charge in [0.25, 0.3) is 0 Å². The van der Waals surface area contributed by atoms with Crippen LogP contribution in [-0.4, -0.2) is 29.7 Å². The van der Waals surface area contributed by atoms with Crippen molar-refractivity contribution < 1.29 is 22.7 Å². The van der Waals surface area contributed by atoms with Gasteiger partial charge in [0.15, 0.2) is 0 Å². The molecule has 1 unspecified atom stereocenters. The van der Waals surface area contributed by atoms with Crippen molar-refractivity contribution in [3.05, 3.63) is 41.5 Å². The Labute approximate surface area is 152 Å². The van der Waals surface area contributed by atoms with Gasteiger partial charge < -0.3 is 9.64 Å². The second-order valence-electron chi connectivity index (χ2n) is 8.43. The van der Waals surface area contributed by atoms with E-state index < -0.39 is 17.3 Å². The van der Waals surface area contributed by atoms with Crippen molar-refractivity contribution in [2.75, 3.05) is 13.1 Å². The van der Waals surface area contributed by atoms with Crippen LogP contribution in [-0.2, 0) is 10.9 Å². The van der Waals surface area contributed by atoms with Crippen molar-refractivity contribution >= 4 is 12.2 Å². The van der Waals surface area contributed by atoms with E-state index in [0.29, 0.717) is 18.7 Å². The highest BCUT2D eigenvalue weighted by molar-refractivity contribution is 5.69. The summed E-state index contributed by atoms with van der Waals surface area (Å²) in [5, 5.41) is 0. The summed E-state index contributed by atoms with van der Waals surface area (Å²) in [6, 6.07) is 5.05. The van der Waals surface area contributed by atoms with Crippen LogP contribution in [0.2, 0.25) is 0 Å². The molecule has 0 saturated carbocycles. The third-order valence-corrected chi connectivity index (χ3v) is 4.43. The Kier molecular flexibility index (Phi) is 5.45. The molecular formula is C20H26F3NO2. The lowest BCUT2D eigenvalue weighted by molar-refractivity contribution is -0.137. The number of hydrogen-bond acceptors (Lipinski definition) is 2. The fourth-order valence-corrected chi connectivity index (χ4v) is 2.96. The molecule has 1 aromatic rings. The minimum absolute atomic E-state index is 0.0947. The zero-order valence-corrected chi connectivity index (χ0v) is 15.9. The predicted octanol–water partition coefficient (Wildman–Crippen LogP) is 5.61. The lowest BCUT2D eigenvalue weighted by Gasteiger charge is -2.25. The molecule has 144 valence electrons. The summed E-state index contributed by atoms with van der Waals surface area (Å²) in [4.78, 5) is 14.0. The zero-order chi connectivity index (χ0) is 19.8. The Hall–Kier alpha value is -1.98. The third kappa shape index (κ3) is 5.26. The molecule has 6 heteroatoms. The minimum Gasteiger partial charge on any atom is -0.444 e. The molecule has 0 radical (unpaired) electrons. The Bertz CT molecular complexity index is 670. The second-order valence-corrected chi connectivity index (χ2v) is 8.43. The van der Waals surface area contributed by atoms with E-state index in [4.69, 9.17) is 4.74 Å². The number of nitrogens with zero attached hydrogens (tertiary/aromatic N) is 1. The van der Waals surface area contributed by atoms with E-state index in [1.807, 2.05) is 32.9 Å². The van der Waals surface area contributed by atoms with Gasteiger partial charge in [0, 0.05) is 19.0 Å². The summed E-state index contributed by atoms with van der Waals surface area (Å²) < 4.78 is 43.3. The van der Waals surface area contributed by atoms with Gasteiger partial charge in [-0.2, -0.15) is 13.2 Å². The molecular weight excluding hydrogens is 343 g/mol. The van der Waals surface area contributed by atoms with Crippen LogP contribution in [0.15, 0.2) is 30.3 Å². The van der Waals surface area contributed by atoms with Crippen molar-refractivity contribution in [2.45, 2.75) is 46.4 Å². The number of carbonyl (C=O) groups is 1. The van der Waals surface area contributed by atoms with Gasteiger partial charge in [0.05, 0.1) is 5.56 Å². The van der Waals surface area contributed by atoms with E-state index in [-0.39, 0.29) is 17.4 Å². The molecule has 1 amide bonds. The van der Waals surface area contributed by atoms with Gasteiger partial charge in [-0.25, -0.2) is 4.79 Å². The molecule has 3 nitrogen and oxygen atoms in total. The number of benzene rings is 1. The van der Waals surface area contributed by atoms with Crippen LogP contribution < -0.4 is 0 Å². The van der Waals surface area contributed by atoms with Crippen LogP contribution in [0.4, 0.5) is 18.0 Å². The van der Waals surface area contributed by atoms with E-state index >= 15 is 0 Å². The maximum Gasteiger partial charge on any atom is 0.416 e. The number of hydrogen-bond donors (Lipinski definition) is 0. The van der Waals surface area contributed by atoms with Crippen molar-refractivity contribution in [3.8, 4) is 0 Å². The molecule has 26 heavy (non-hydrogen) atoms. The number of likely N-dealkylation sites (tertiary alicyclic amines) is 1. The SMILES string of the molecule is CC(C)(C)OC(=O)N1CC(C=Cc2ccc(C(F)(F)F)cc2)C(C)(C)C1. The highest BCUT2D eigenvalue weighted by Gasteiger charge is 2.41. The fraction of sp³-hybridized carbons (Fsp3) is 0.550. The number of amides is 1. The van der Waals surface area contributed by atoms with Crippen LogP contribution in [0.25, 0.3) is 6.08 Å². The first-order chi connectivity index (χ1) is 11.8. The predicted molar refractivity (Wildman–Crippen MR) is 95.6 cm³/mol. The number of carbonyl (C=O) groups excluding carboxylic acids is 1. The average molecular weight is 369 g/mol. The normalized spacial score (nSPS) is 20.6.